The third-order valence-electron chi connectivity index (χ3n) is 7.17. The summed E-state index contributed by atoms with van der Waals surface area (Å²) in [4.78, 5) is 31.0. The monoisotopic (exact) mass is 568 g/mol. The Morgan fingerprint density at radius 3 is 2.10 bits per heavy atom. The Kier molecular flexibility index (Phi) is 9.06. The molecule has 0 bridgehead atoms. The lowest BCUT2D eigenvalue weighted by molar-refractivity contribution is -0.116. The number of hydrogen-bond acceptors (Lipinski definition) is 5. The van der Waals surface area contributed by atoms with Crippen molar-refractivity contribution in [2.24, 2.45) is 0 Å². The van der Waals surface area contributed by atoms with Gasteiger partial charge in [0, 0.05) is 44.1 Å². The van der Waals surface area contributed by atoms with E-state index in [9.17, 15) is 9.59 Å². The Morgan fingerprint density at radius 1 is 0.805 bits per heavy atom. The third kappa shape index (κ3) is 6.81. The molecule has 8 heteroatoms. The summed E-state index contributed by atoms with van der Waals surface area (Å²) in [6.45, 7) is 3.39. The minimum Gasteiger partial charge on any atom is -0.495 e. The number of benzene rings is 4. The highest BCUT2D eigenvalue weighted by atomic mass is 35.5. The number of halogens is 1. The topological polar surface area (TPSA) is 73.9 Å². The molecular formula is C33H33ClN4O3. The molecule has 0 aliphatic carbocycles. The maximum absolute atomic E-state index is 13.5. The minimum absolute atomic E-state index is 0.211. The molecule has 0 saturated carbocycles. The van der Waals surface area contributed by atoms with Crippen LogP contribution in [0.25, 0.3) is 0 Å². The molecule has 1 fully saturated rings. The standard InChI is InChI=1S/C33H33ClN4O3/c1-41-30-15-9-8-14-29(30)38-20-18-37(19-21-38)28-17-16-26(36-33(40)31(34)25-12-6-3-7-13-25)22-27(28)32(39)35-23-24-10-4-2-5-11-24/h2-17,22,31H,18-21,23H2,1H3,(H,35,39)(H,36,40). The second kappa shape index (κ2) is 13.2. The van der Waals surface area contributed by atoms with E-state index in [1.165, 1.54) is 0 Å². The number of ether oxygens (including phenoxy) is 1. The summed E-state index contributed by atoms with van der Waals surface area (Å²) in [7, 11) is 1.68. The molecule has 1 atom stereocenters. The van der Waals surface area contributed by atoms with E-state index in [1.807, 2.05) is 91.0 Å². The summed E-state index contributed by atoms with van der Waals surface area (Å²) in [6.07, 6.45) is 0. The summed E-state index contributed by atoms with van der Waals surface area (Å²) in [5.74, 6) is 0.277. The Balaban J connectivity index is 1.35. The average Bonchev–Trinajstić information content (AvgIpc) is 3.04. The maximum Gasteiger partial charge on any atom is 0.253 e. The van der Waals surface area contributed by atoms with Gasteiger partial charge in [0.25, 0.3) is 5.91 Å². The van der Waals surface area contributed by atoms with Gasteiger partial charge < -0.3 is 25.2 Å². The Hall–Kier alpha value is -4.49. The van der Waals surface area contributed by atoms with Crippen LogP contribution in [0.4, 0.5) is 17.1 Å². The SMILES string of the molecule is COc1ccccc1N1CCN(c2ccc(NC(=O)C(Cl)c3ccccc3)cc2C(=O)NCc2ccccc2)CC1. The van der Waals surface area contributed by atoms with Gasteiger partial charge in [-0.15, -0.1) is 11.6 Å². The zero-order valence-corrected chi connectivity index (χ0v) is 23.7. The van der Waals surface area contributed by atoms with Gasteiger partial charge in [-0.05, 0) is 41.5 Å². The van der Waals surface area contributed by atoms with Crippen LogP contribution in [0.2, 0.25) is 0 Å². The first-order valence-electron chi connectivity index (χ1n) is 13.6. The molecule has 1 aliphatic rings. The van der Waals surface area contributed by atoms with Crippen LogP contribution < -0.4 is 25.2 Å². The van der Waals surface area contributed by atoms with E-state index in [-0.39, 0.29) is 11.8 Å². The van der Waals surface area contributed by atoms with Crippen LogP contribution >= 0.6 is 11.6 Å². The molecule has 5 rings (SSSR count). The highest BCUT2D eigenvalue weighted by molar-refractivity contribution is 6.32. The van der Waals surface area contributed by atoms with Crippen molar-refractivity contribution in [1.29, 1.82) is 0 Å². The van der Waals surface area contributed by atoms with Crippen molar-refractivity contribution in [2.45, 2.75) is 11.9 Å². The number of carbonyl (C=O) groups excluding carboxylic acids is 2. The summed E-state index contributed by atoms with van der Waals surface area (Å²) >= 11 is 6.45. The molecule has 0 aromatic heterocycles. The molecule has 41 heavy (non-hydrogen) atoms. The first-order valence-corrected chi connectivity index (χ1v) is 14.1. The van der Waals surface area contributed by atoms with Crippen molar-refractivity contribution >= 4 is 40.5 Å². The van der Waals surface area contributed by atoms with Gasteiger partial charge in [-0.3, -0.25) is 9.59 Å². The lowest BCUT2D eigenvalue weighted by atomic mass is 10.1. The minimum atomic E-state index is -0.853. The molecule has 2 amide bonds. The van der Waals surface area contributed by atoms with Gasteiger partial charge in [-0.25, -0.2) is 0 Å². The Labute approximate surface area is 245 Å². The van der Waals surface area contributed by atoms with Crippen molar-refractivity contribution in [1.82, 2.24) is 5.32 Å². The van der Waals surface area contributed by atoms with Crippen LogP contribution in [-0.2, 0) is 11.3 Å². The Morgan fingerprint density at radius 2 is 1.41 bits per heavy atom. The zero-order valence-electron chi connectivity index (χ0n) is 22.9. The normalized spacial score (nSPS) is 13.8. The second-order valence-corrected chi connectivity index (χ2v) is 10.2. The lowest BCUT2D eigenvalue weighted by Gasteiger charge is -2.38. The van der Waals surface area contributed by atoms with Crippen molar-refractivity contribution in [3.63, 3.8) is 0 Å². The number of amides is 2. The van der Waals surface area contributed by atoms with Crippen molar-refractivity contribution in [3.05, 3.63) is 120 Å². The number of anilines is 3. The summed E-state index contributed by atoms with van der Waals surface area (Å²) < 4.78 is 5.56. The molecule has 1 unspecified atom stereocenters. The molecule has 0 radical (unpaired) electrons. The molecular weight excluding hydrogens is 536 g/mol. The number of methoxy groups -OCH3 is 1. The Bertz CT molecular complexity index is 1470. The van der Waals surface area contributed by atoms with Crippen molar-refractivity contribution in [2.75, 3.05) is 48.4 Å². The van der Waals surface area contributed by atoms with Gasteiger partial charge in [0.15, 0.2) is 0 Å². The largest absolute Gasteiger partial charge is 0.495 e. The zero-order chi connectivity index (χ0) is 28.6. The number of rotatable bonds is 9. The molecule has 4 aromatic rings. The van der Waals surface area contributed by atoms with Crippen molar-refractivity contribution in [3.8, 4) is 5.75 Å². The van der Waals surface area contributed by atoms with E-state index in [1.54, 1.807) is 13.2 Å². The number of nitrogens with zero attached hydrogens (tertiary/aromatic N) is 2. The van der Waals surface area contributed by atoms with Crippen LogP contribution in [0.5, 0.6) is 5.75 Å². The maximum atomic E-state index is 13.5. The van der Waals surface area contributed by atoms with Crippen LogP contribution in [0, 0.1) is 0 Å². The molecule has 1 aliphatic heterocycles. The number of alkyl halides is 1. The molecule has 2 N–H and O–H groups in total. The highest BCUT2D eigenvalue weighted by Gasteiger charge is 2.24. The molecule has 210 valence electrons. The van der Waals surface area contributed by atoms with Crippen LogP contribution in [0.1, 0.15) is 26.9 Å². The van der Waals surface area contributed by atoms with E-state index in [2.05, 4.69) is 26.5 Å². The first-order chi connectivity index (χ1) is 20.0. The fourth-order valence-corrected chi connectivity index (χ4v) is 5.20. The predicted octanol–water partition coefficient (Wildman–Crippen LogP) is 5.87. The number of piperazine rings is 1. The lowest BCUT2D eigenvalue weighted by Crippen LogP contribution is -2.47. The molecule has 1 heterocycles. The van der Waals surface area contributed by atoms with Gasteiger partial charge in [-0.2, -0.15) is 0 Å². The van der Waals surface area contributed by atoms with Gasteiger partial charge >= 0.3 is 0 Å². The summed E-state index contributed by atoms with van der Waals surface area (Å²) in [5.41, 5.74) is 4.59. The van der Waals surface area contributed by atoms with E-state index >= 15 is 0 Å². The van der Waals surface area contributed by atoms with Crippen molar-refractivity contribution < 1.29 is 14.3 Å². The predicted molar refractivity (Wildman–Crippen MR) is 165 cm³/mol. The summed E-state index contributed by atoms with van der Waals surface area (Å²) in [5, 5.41) is 5.08. The van der Waals surface area contributed by atoms with E-state index in [0.29, 0.717) is 23.4 Å². The van der Waals surface area contributed by atoms with E-state index in [4.69, 9.17) is 16.3 Å². The van der Waals surface area contributed by atoms with E-state index < -0.39 is 5.38 Å². The van der Waals surface area contributed by atoms with Crippen LogP contribution in [-0.4, -0.2) is 45.1 Å². The molecule has 1 saturated heterocycles. The average molecular weight is 569 g/mol. The van der Waals surface area contributed by atoms with Gasteiger partial charge in [0.2, 0.25) is 5.91 Å². The highest BCUT2D eigenvalue weighted by Crippen LogP contribution is 2.31. The second-order valence-electron chi connectivity index (χ2n) is 9.81. The fraction of sp³-hybridized carbons (Fsp3) is 0.212. The van der Waals surface area contributed by atoms with Crippen LogP contribution in [0.3, 0.4) is 0 Å². The van der Waals surface area contributed by atoms with Crippen LogP contribution in [0.15, 0.2) is 103 Å². The fourth-order valence-electron chi connectivity index (χ4n) is 5.00. The third-order valence-corrected chi connectivity index (χ3v) is 7.62. The molecule has 4 aromatic carbocycles. The molecule has 0 spiro atoms. The number of nitrogens with one attached hydrogen (secondary N) is 2. The molecule has 7 nitrogen and oxygen atoms in total. The van der Waals surface area contributed by atoms with E-state index in [0.717, 1.165) is 48.9 Å². The quantitative estimate of drug-likeness (QED) is 0.247. The van der Waals surface area contributed by atoms with Gasteiger partial charge in [0.05, 0.1) is 18.4 Å². The number of para-hydroxylation sites is 2. The van der Waals surface area contributed by atoms with Gasteiger partial charge in [0.1, 0.15) is 11.1 Å². The van der Waals surface area contributed by atoms with Gasteiger partial charge in [-0.1, -0.05) is 72.8 Å². The number of carbonyl (C=O) groups is 2. The summed E-state index contributed by atoms with van der Waals surface area (Å²) in [6, 6.07) is 32.4. The number of hydrogen-bond donors (Lipinski definition) is 2. The first kappa shape index (κ1) is 28.1. The smallest absolute Gasteiger partial charge is 0.253 e.